The topological polar surface area (TPSA) is 66.9 Å². The Hall–Kier alpha value is -2.56. The molecule has 0 aliphatic rings. The van der Waals surface area contributed by atoms with Crippen LogP contribution < -0.4 is 10.6 Å². The number of rotatable bonds is 4. The molecule has 0 saturated heterocycles. The second-order valence-corrected chi connectivity index (χ2v) is 5.66. The molecule has 0 saturated carbocycles. The van der Waals surface area contributed by atoms with Gasteiger partial charge in [-0.25, -0.2) is 4.98 Å². The van der Waals surface area contributed by atoms with Crippen LogP contribution in [0.4, 0.5) is 38.1 Å². The van der Waals surface area contributed by atoms with Crippen LogP contribution >= 0.6 is 11.6 Å². The van der Waals surface area contributed by atoms with Gasteiger partial charge in [0.25, 0.3) is 0 Å². The number of hydrogen-bond acceptors (Lipinski definition) is 4. The van der Waals surface area contributed by atoms with E-state index in [2.05, 4.69) is 15.3 Å². The van der Waals surface area contributed by atoms with Gasteiger partial charge in [-0.15, -0.1) is 0 Å². The molecule has 2 rings (SSSR count). The summed E-state index contributed by atoms with van der Waals surface area (Å²) < 4.78 is 76.4. The number of carbonyl (C=O) groups excluding carboxylic acids is 1. The molecule has 0 aliphatic heterocycles. The van der Waals surface area contributed by atoms with Gasteiger partial charge in [-0.3, -0.25) is 10.1 Å². The maximum absolute atomic E-state index is 13.1. The number of halogens is 7. The zero-order chi connectivity index (χ0) is 20.4. The smallest absolute Gasteiger partial charge is 0.362 e. The van der Waals surface area contributed by atoms with E-state index in [1.165, 1.54) is 5.32 Å². The van der Waals surface area contributed by atoms with E-state index in [4.69, 9.17) is 11.6 Å². The van der Waals surface area contributed by atoms with Crippen LogP contribution in [0.2, 0.25) is 5.02 Å². The van der Waals surface area contributed by atoms with Gasteiger partial charge in [0.15, 0.2) is 11.5 Å². The number of benzene rings is 1. The molecule has 12 heteroatoms. The third-order valence-electron chi connectivity index (χ3n) is 3.26. The van der Waals surface area contributed by atoms with Gasteiger partial charge in [-0.05, 0) is 12.5 Å². The highest BCUT2D eigenvalue weighted by molar-refractivity contribution is 6.33. The van der Waals surface area contributed by atoms with Gasteiger partial charge in [0.1, 0.15) is 5.02 Å². The summed E-state index contributed by atoms with van der Waals surface area (Å²) in [4.78, 5) is 17.4. The van der Waals surface area contributed by atoms with Gasteiger partial charge in [0.05, 0.1) is 0 Å². The highest BCUT2D eigenvalue weighted by Gasteiger charge is 2.41. The molecule has 0 aliphatic carbocycles. The van der Waals surface area contributed by atoms with Gasteiger partial charge < -0.3 is 5.32 Å². The molecular weight excluding hydrogens is 402 g/mol. The lowest BCUT2D eigenvalue weighted by molar-refractivity contribution is -0.167. The molecule has 5 nitrogen and oxygen atoms in total. The average Bonchev–Trinajstić information content (AvgIpc) is 2.56. The summed E-state index contributed by atoms with van der Waals surface area (Å²) in [5.74, 6) is -4.27. The average molecular weight is 413 g/mol. The van der Waals surface area contributed by atoms with Crippen molar-refractivity contribution >= 4 is 29.3 Å². The third kappa shape index (κ3) is 5.22. The van der Waals surface area contributed by atoms with Crippen molar-refractivity contribution in [1.82, 2.24) is 9.97 Å². The molecule has 1 aromatic heterocycles. The Morgan fingerprint density at radius 2 is 1.67 bits per heavy atom. The maximum atomic E-state index is 13.1. The van der Waals surface area contributed by atoms with E-state index in [9.17, 15) is 31.1 Å². The van der Waals surface area contributed by atoms with Gasteiger partial charge >= 0.3 is 18.3 Å². The lowest BCUT2D eigenvalue weighted by atomic mass is 10.1. The maximum Gasteiger partial charge on any atom is 0.471 e. The standard InChI is InChI=1S/C15H11ClF6N4O/c1-7(8-5-3-2-4-6-8)23-11-9(16)10(14(17,18)19)24-13(25-11)26-12(27)15(20,21)22/h2-7H,1H3,(H2,23,24,25,26,27). The minimum absolute atomic E-state index is 0.576. The van der Waals surface area contributed by atoms with Crippen molar-refractivity contribution in [3.63, 3.8) is 0 Å². The fourth-order valence-corrected chi connectivity index (χ4v) is 2.24. The number of aromatic nitrogens is 2. The number of hydrogen-bond donors (Lipinski definition) is 2. The molecule has 2 aromatic rings. The first-order chi connectivity index (χ1) is 12.4. The van der Waals surface area contributed by atoms with Crippen molar-refractivity contribution in [2.24, 2.45) is 0 Å². The molecule has 2 N–H and O–H groups in total. The van der Waals surface area contributed by atoms with E-state index < -0.39 is 46.8 Å². The lowest BCUT2D eigenvalue weighted by Gasteiger charge is -2.19. The number of anilines is 2. The molecule has 0 fully saturated rings. The minimum Gasteiger partial charge on any atom is -0.362 e. The number of nitrogens with zero attached hydrogens (tertiary/aromatic N) is 2. The fourth-order valence-electron chi connectivity index (χ4n) is 1.99. The van der Waals surface area contributed by atoms with Crippen molar-refractivity contribution in [1.29, 1.82) is 0 Å². The largest absolute Gasteiger partial charge is 0.471 e. The van der Waals surface area contributed by atoms with E-state index in [-0.39, 0.29) is 0 Å². The molecule has 0 radical (unpaired) electrons. The van der Waals surface area contributed by atoms with E-state index >= 15 is 0 Å². The summed E-state index contributed by atoms with van der Waals surface area (Å²) in [5, 5.41) is 2.83. The number of alkyl halides is 6. The second-order valence-electron chi connectivity index (χ2n) is 5.28. The molecular formula is C15H11ClF6N4O. The van der Waals surface area contributed by atoms with Crippen LogP contribution in [0.1, 0.15) is 24.2 Å². The third-order valence-corrected chi connectivity index (χ3v) is 3.61. The van der Waals surface area contributed by atoms with Crippen LogP contribution in [0, 0.1) is 0 Å². The quantitative estimate of drug-likeness (QED) is 0.706. The monoisotopic (exact) mass is 412 g/mol. The Morgan fingerprint density at radius 1 is 1.07 bits per heavy atom. The molecule has 0 bridgehead atoms. The van der Waals surface area contributed by atoms with Crippen molar-refractivity contribution < 1.29 is 31.1 Å². The summed E-state index contributed by atoms with van der Waals surface area (Å²) in [5.41, 5.74) is -1.03. The predicted octanol–water partition coefficient (Wildman–Crippen LogP) is 4.82. The first kappa shape index (κ1) is 20.7. The summed E-state index contributed by atoms with van der Waals surface area (Å²) in [7, 11) is 0. The SMILES string of the molecule is CC(Nc1nc(NC(=O)C(F)(F)F)nc(C(F)(F)F)c1Cl)c1ccccc1. The Labute approximate surface area is 153 Å². The molecule has 0 spiro atoms. The Kier molecular flexibility index (Phi) is 5.83. The first-order valence-electron chi connectivity index (χ1n) is 7.24. The minimum atomic E-state index is -5.33. The van der Waals surface area contributed by atoms with E-state index in [1.807, 2.05) is 0 Å². The highest BCUT2D eigenvalue weighted by Crippen LogP contribution is 2.38. The normalized spacial score (nSPS) is 13.2. The molecule has 1 unspecified atom stereocenters. The molecule has 1 amide bonds. The summed E-state index contributed by atoms with van der Waals surface area (Å²) >= 11 is 5.68. The van der Waals surface area contributed by atoms with Crippen LogP contribution in [0.5, 0.6) is 0 Å². The highest BCUT2D eigenvalue weighted by atomic mass is 35.5. The number of amides is 1. The zero-order valence-electron chi connectivity index (χ0n) is 13.4. The lowest BCUT2D eigenvalue weighted by Crippen LogP contribution is -2.31. The van der Waals surface area contributed by atoms with Crippen LogP contribution in [0.15, 0.2) is 30.3 Å². The van der Waals surface area contributed by atoms with Crippen LogP contribution in [-0.2, 0) is 11.0 Å². The summed E-state index contributed by atoms with van der Waals surface area (Å²) in [6.45, 7) is 1.58. The Bertz CT molecular complexity index is 826. The molecule has 27 heavy (non-hydrogen) atoms. The zero-order valence-corrected chi connectivity index (χ0v) is 14.2. The fraction of sp³-hybridized carbons (Fsp3) is 0.267. The van der Waals surface area contributed by atoms with Gasteiger partial charge in [-0.2, -0.15) is 31.3 Å². The van der Waals surface area contributed by atoms with Crippen molar-refractivity contribution in [3.8, 4) is 0 Å². The Balaban J connectivity index is 2.43. The van der Waals surface area contributed by atoms with Gasteiger partial charge in [0.2, 0.25) is 5.95 Å². The molecule has 1 heterocycles. The molecule has 1 aromatic carbocycles. The predicted molar refractivity (Wildman–Crippen MR) is 85.2 cm³/mol. The van der Waals surface area contributed by atoms with Crippen LogP contribution in [0.25, 0.3) is 0 Å². The van der Waals surface area contributed by atoms with Crippen molar-refractivity contribution in [2.75, 3.05) is 10.6 Å². The summed E-state index contributed by atoms with van der Waals surface area (Å²) in [6.07, 6.45) is -10.4. The van der Waals surface area contributed by atoms with Crippen molar-refractivity contribution in [3.05, 3.63) is 46.6 Å². The van der Waals surface area contributed by atoms with E-state index in [0.717, 1.165) is 0 Å². The van der Waals surface area contributed by atoms with Gasteiger partial charge in [-0.1, -0.05) is 41.9 Å². The van der Waals surface area contributed by atoms with Crippen LogP contribution in [0.3, 0.4) is 0 Å². The van der Waals surface area contributed by atoms with E-state index in [0.29, 0.717) is 5.56 Å². The van der Waals surface area contributed by atoms with E-state index in [1.54, 1.807) is 37.3 Å². The Morgan fingerprint density at radius 3 is 2.19 bits per heavy atom. The first-order valence-corrected chi connectivity index (χ1v) is 7.61. The molecule has 146 valence electrons. The van der Waals surface area contributed by atoms with Crippen LogP contribution in [-0.4, -0.2) is 22.1 Å². The summed E-state index contributed by atoms with van der Waals surface area (Å²) in [6, 6.07) is 7.84. The molecule has 1 atom stereocenters. The number of nitrogens with one attached hydrogen (secondary N) is 2. The van der Waals surface area contributed by atoms with Gasteiger partial charge in [0, 0.05) is 6.04 Å². The van der Waals surface area contributed by atoms with Crippen molar-refractivity contribution in [2.45, 2.75) is 25.3 Å². The second kappa shape index (κ2) is 7.59. The number of carbonyl (C=O) groups is 1.